The number of nitrogens with zero attached hydrogens (tertiary/aromatic N) is 4. The molecule has 0 radical (unpaired) electrons. The SMILES string of the molecule is C=CC(O)NC1CCCCC1Nc1ncc2c(n1)N(C)C(=O)N(c1cc(OC)cc(OC)c1)C2C. The number of ether oxygens (including phenoxy) is 2. The third-order valence-corrected chi connectivity index (χ3v) is 6.75. The molecule has 0 spiro atoms. The minimum absolute atomic E-state index is 0.0548. The molecule has 1 fully saturated rings. The van der Waals surface area contributed by atoms with Gasteiger partial charge in [0.1, 0.15) is 23.5 Å². The molecule has 2 amide bonds. The molecular formula is C25H34N6O4. The molecule has 0 bridgehead atoms. The molecule has 4 unspecified atom stereocenters. The highest BCUT2D eigenvalue weighted by Gasteiger charge is 2.37. The maximum atomic E-state index is 13.4. The van der Waals surface area contributed by atoms with E-state index in [-0.39, 0.29) is 24.2 Å². The maximum absolute atomic E-state index is 13.4. The molecule has 1 aromatic heterocycles. The zero-order chi connectivity index (χ0) is 25.1. The third-order valence-electron chi connectivity index (χ3n) is 6.75. The number of benzene rings is 1. The number of methoxy groups -OCH3 is 2. The lowest BCUT2D eigenvalue weighted by Crippen LogP contribution is -2.50. The molecule has 0 saturated heterocycles. The van der Waals surface area contributed by atoms with Gasteiger partial charge >= 0.3 is 6.03 Å². The number of aliphatic hydroxyl groups is 1. The van der Waals surface area contributed by atoms with Crippen LogP contribution in [0.4, 0.5) is 22.2 Å². The van der Waals surface area contributed by atoms with Crippen LogP contribution in [0.25, 0.3) is 0 Å². The first-order chi connectivity index (χ1) is 16.9. The number of hydrogen-bond acceptors (Lipinski definition) is 8. The summed E-state index contributed by atoms with van der Waals surface area (Å²) in [5.41, 5.74) is 1.50. The van der Waals surface area contributed by atoms with Gasteiger partial charge in [0.15, 0.2) is 0 Å². The number of hydrogen-bond donors (Lipinski definition) is 3. The summed E-state index contributed by atoms with van der Waals surface area (Å²) in [6, 6.07) is 4.99. The lowest BCUT2D eigenvalue weighted by Gasteiger charge is -2.39. The van der Waals surface area contributed by atoms with Crippen molar-refractivity contribution in [2.24, 2.45) is 0 Å². The highest BCUT2D eigenvalue weighted by molar-refractivity contribution is 6.06. The Morgan fingerprint density at radius 2 is 1.83 bits per heavy atom. The van der Waals surface area contributed by atoms with Gasteiger partial charge in [-0.3, -0.25) is 15.1 Å². The topological polar surface area (TPSA) is 112 Å². The quantitative estimate of drug-likeness (QED) is 0.388. The van der Waals surface area contributed by atoms with E-state index in [0.717, 1.165) is 31.2 Å². The van der Waals surface area contributed by atoms with Gasteiger partial charge in [0.05, 0.1) is 25.9 Å². The molecule has 1 saturated carbocycles. The fourth-order valence-corrected chi connectivity index (χ4v) is 4.79. The van der Waals surface area contributed by atoms with Crippen molar-refractivity contribution in [2.45, 2.75) is 57.0 Å². The Morgan fingerprint density at radius 3 is 2.46 bits per heavy atom. The average molecular weight is 483 g/mol. The van der Waals surface area contributed by atoms with E-state index < -0.39 is 6.23 Å². The summed E-state index contributed by atoms with van der Waals surface area (Å²) in [7, 11) is 4.86. The summed E-state index contributed by atoms with van der Waals surface area (Å²) >= 11 is 0. The molecule has 2 aliphatic rings. The van der Waals surface area contributed by atoms with Crippen LogP contribution in [0.2, 0.25) is 0 Å². The van der Waals surface area contributed by atoms with Gasteiger partial charge in [-0.1, -0.05) is 19.4 Å². The zero-order valence-electron chi connectivity index (χ0n) is 20.7. The number of aromatic nitrogens is 2. The van der Waals surface area contributed by atoms with Crippen molar-refractivity contribution >= 4 is 23.5 Å². The van der Waals surface area contributed by atoms with Crippen LogP contribution in [0.3, 0.4) is 0 Å². The minimum atomic E-state index is -0.766. The van der Waals surface area contributed by atoms with Crippen LogP contribution in [0, 0.1) is 0 Å². The van der Waals surface area contributed by atoms with Gasteiger partial charge in [0, 0.05) is 49.1 Å². The second kappa shape index (κ2) is 10.5. The Morgan fingerprint density at radius 1 is 1.17 bits per heavy atom. The first-order valence-electron chi connectivity index (χ1n) is 11.9. The zero-order valence-corrected chi connectivity index (χ0v) is 20.7. The molecule has 4 atom stereocenters. The van der Waals surface area contributed by atoms with E-state index in [2.05, 4.69) is 22.2 Å². The van der Waals surface area contributed by atoms with Gasteiger partial charge in [0.2, 0.25) is 5.95 Å². The number of urea groups is 1. The molecule has 188 valence electrons. The summed E-state index contributed by atoms with van der Waals surface area (Å²) in [5.74, 6) is 2.22. The van der Waals surface area contributed by atoms with Crippen molar-refractivity contribution in [3.8, 4) is 11.5 Å². The Balaban J connectivity index is 1.60. The van der Waals surface area contributed by atoms with Crippen molar-refractivity contribution < 1.29 is 19.4 Å². The molecule has 10 heteroatoms. The fourth-order valence-electron chi connectivity index (χ4n) is 4.79. The van der Waals surface area contributed by atoms with Gasteiger partial charge in [-0.15, -0.1) is 0 Å². The minimum Gasteiger partial charge on any atom is -0.497 e. The highest BCUT2D eigenvalue weighted by atomic mass is 16.5. The normalized spacial score (nSPS) is 22.9. The molecule has 2 heterocycles. The number of aliphatic hydroxyl groups excluding tert-OH is 1. The van der Waals surface area contributed by atoms with Gasteiger partial charge in [-0.25, -0.2) is 9.78 Å². The number of fused-ring (bicyclic) bond motifs is 1. The summed E-state index contributed by atoms with van der Waals surface area (Å²) < 4.78 is 10.8. The smallest absolute Gasteiger partial charge is 0.330 e. The molecule has 2 aromatic rings. The van der Waals surface area contributed by atoms with E-state index in [9.17, 15) is 9.90 Å². The Labute approximate surface area is 206 Å². The molecule has 3 N–H and O–H groups in total. The van der Waals surface area contributed by atoms with Crippen molar-refractivity contribution in [2.75, 3.05) is 36.4 Å². The van der Waals surface area contributed by atoms with E-state index in [4.69, 9.17) is 14.5 Å². The van der Waals surface area contributed by atoms with Crippen LogP contribution in [-0.4, -0.2) is 60.7 Å². The molecule has 35 heavy (non-hydrogen) atoms. The molecule has 4 rings (SSSR count). The summed E-state index contributed by atoms with van der Waals surface area (Å²) in [6.07, 6.45) is 6.52. The van der Waals surface area contributed by atoms with E-state index in [0.29, 0.717) is 29.0 Å². The van der Waals surface area contributed by atoms with E-state index in [1.807, 2.05) is 6.92 Å². The van der Waals surface area contributed by atoms with Crippen LogP contribution < -0.4 is 29.9 Å². The average Bonchev–Trinajstić information content (AvgIpc) is 2.88. The van der Waals surface area contributed by atoms with E-state index in [1.165, 1.54) is 11.0 Å². The molecule has 1 aliphatic heterocycles. The summed E-state index contributed by atoms with van der Waals surface area (Å²) in [5, 5.41) is 16.6. The van der Waals surface area contributed by atoms with Crippen LogP contribution in [0.15, 0.2) is 37.1 Å². The lowest BCUT2D eigenvalue weighted by molar-refractivity contribution is 0.151. The number of anilines is 3. The predicted octanol–water partition coefficient (Wildman–Crippen LogP) is 3.45. The first kappa shape index (κ1) is 24.7. The van der Waals surface area contributed by atoms with Gasteiger partial charge in [0.25, 0.3) is 0 Å². The summed E-state index contributed by atoms with van der Waals surface area (Å²) in [4.78, 5) is 26.0. The maximum Gasteiger partial charge on any atom is 0.330 e. The Kier molecular flexibility index (Phi) is 7.42. The summed E-state index contributed by atoms with van der Waals surface area (Å²) in [6.45, 7) is 5.59. The number of rotatable bonds is 8. The number of amides is 2. The number of nitrogens with one attached hydrogen (secondary N) is 2. The van der Waals surface area contributed by atoms with Gasteiger partial charge < -0.3 is 19.9 Å². The third kappa shape index (κ3) is 5.03. The Bertz CT molecular complexity index is 1060. The van der Waals surface area contributed by atoms with Crippen LogP contribution in [0.5, 0.6) is 11.5 Å². The van der Waals surface area contributed by atoms with Crippen molar-refractivity contribution in [1.29, 1.82) is 0 Å². The highest BCUT2D eigenvalue weighted by Crippen LogP contribution is 2.40. The molecule has 1 aliphatic carbocycles. The van der Waals surface area contributed by atoms with Crippen molar-refractivity contribution in [1.82, 2.24) is 15.3 Å². The first-order valence-corrected chi connectivity index (χ1v) is 11.9. The van der Waals surface area contributed by atoms with Crippen molar-refractivity contribution in [3.63, 3.8) is 0 Å². The van der Waals surface area contributed by atoms with Gasteiger partial charge in [-0.05, 0) is 25.8 Å². The van der Waals surface area contributed by atoms with Crippen LogP contribution in [-0.2, 0) is 0 Å². The monoisotopic (exact) mass is 482 g/mol. The predicted molar refractivity (Wildman–Crippen MR) is 135 cm³/mol. The standard InChI is InChI=1S/C25H34N6O4/c1-6-22(32)27-20-9-7-8-10-21(20)28-24-26-14-19-15(2)31(25(33)30(3)23(19)29-24)16-11-17(34-4)13-18(12-16)35-5/h6,11-15,20-22,27,32H,1,7-10H2,2-5H3,(H,26,28,29). The Hall–Kier alpha value is -3.37. The van der Waals surface area contributed by atoms with Gasteiger partial charge in [-0.2, -0.15) is 4.98 Å². The number of carbonyl (C=O) groups is 1. The second-order valence-corrected chi connectivity index (χ2v) is 8.92. The molecule has 10 nitrogen and oxygen atoms in total. The van der Waals surface area contributed by atoms with E-state index >= 15 is 0 Å². The molecule has 1 aromatic carbocycles. The molecular weight excluding hydrogens is 448 g/mol. The largest absolute Gasteiger partial charge is 0.497 e. The second-order valence-electron chi connectivity index (χ2n) is 8.92. The number of carbonyl (C=O) groups excluding carboxylic acids is 1. The van der Waals surface area contributed by atoms with E-state index in [1.54, 1.807) is 50.6 Å². The van der Waals surface area contributed by atoms with Crippen LogP contribution >= 0.6 is 0 Å². The lowest BCUT2D eigenvalue weighted by atomic mass is 9.90. The van der Waals surface area contributed by atoms with Crippen LogP contribution in [0.1, 0.15) is 44.2 Å². The van der Waals surface area contributed by atoms with Crippen molar-refractivity contribution in [3.05, 3.63) is 42.6 Å². The fraction of sp³-hybridized carbons (Fsp3) is 0.480.